The summed E-state index contributed by atoms with van der Waals surface area (Å²) in [5.41, 5.74) is 1.11. The van der Waals surface area contributed by atoms with Crippen LogP contribution in [0.4, 0.5) is 0 Å². The fourth-order valence-electron chi connectivity index (χ4n) is 1.49. The average molecular weight is 232 g/mol. The maximum absolute atomic E-state index is 4.40. The number of pyridine rings is 1. The number of hydrogen-bond donors (Lipinski definition) is 0. The average Bonchev–Trinajstić information content (AvgIpc) is 2.89. The highest BCUT2D eigenvalue weighted by Crippen LogP contribution is 2.23. The molecule has 0 saturated carbocycles. The molecule has 0 bridgehead atoms. The summed E-state index contributed by atoms with van der Waals surface area (Å²) in [5, 5.41) is 13.1. The molecule has 3 rings (SSSR count). The van der Waals surface area contributed by atoms with Crippen LogP contribution in [-0.2, 0) is 6.54 Å². The topological polar surface area (TPSA) is 47.0 Å². The highest BCUT2D eigenvalue weighted by Gasteiger charge is 2.08. The number of nitrogens with zero attached hydrogens (tertiary/aromatic N) is 5. The maximum Gasteiger partial charge on any atom is 0.234 e. The van der Waals surface area contributed by atoms with E-state index in [1.165, 1.54) is 11.3 Å². The molecule has 0 aliphatic rings. The molecule has 0 amide bonds. The van der Waals surface area contributed by atoms with Gasteiger partial charge in [0.2, 0.25) is 4.96 Å². The summed E-state index contributed by atoms with van der Waals surface area (Å²) in [7, 11) is 0. The van der Waals surface area contributed by atoms with E-state index in [4.69, 9.17) is 0 Å². The Bertz CT molecular complexity index is 581. The molecule has 0 radical (unpaired) electrons. The van der Waals surface area contributed by atoms with E-state index >= 15 is 0 Å². The molecule has 6 heteroatoms. The first-order valence-electron chi connectivity index (χ1n) is 5.03. The minimum Gasteiger partial charge on any atom is -0.205 e. The molecular formula is C10H10N5S+. The molecular weight excluding hydrogens is 222 g/mol. The molecule has 0 atom stereocenters. The zero-order chi connectivity index (χ0) is 11.0. The van der Waals surface area contributed by atoms with Crippen molar-refractivity contribution in [2.75, 3.05) is 0 Å². The van der Waals surface area contributed by atoms with Crippen LogP contribution in [0.3, 0.4) is 0 Å². The molecule has 0 aliphatic carbocycles. The third-order valence-electron chi connectivity index (χ3n) is 2.39. The summed E-state index contributed by atoms with van der Waals surface area (Å²) in [4.78, 5) is 0.822. The van der Waals surface area contributed by atoms with Gasteiger partial charge in [0.1, 0.15) is 17.9 Å². The van der Waals surface area contributed by atoms with Gasteiger partial charge in [-0.25, -0.2) is 4.57 Å². The van der Waals surface area contributed by atoms with Gasteiger partial charge in [-0.2, -0.15) is 9.61 Å². The Morgan fingerprint density at radius 3 is 2.88 bits per heavy atom. The van der Waals surface area contributed by atoms with Crippen LogP contribution in [0.15, 0.2) is 30.9 Å². The zero-order valence-electron chi connectivity index (χ0n) is 8.74. The van der Waals surface area contributed by atoms with Gasteiger partial charge in [-0.3, -0.25) is 0 Å². The van der Waals surface area contributed by atoms with Crippen molar-refractivity contribution in [1.82, 2.24) is 19.8 Å². The van der Waals surface area contributed by atoms with Crippen LogP contribution >= 0.6 is 11.3 Å². The SMILES string of the molecule is CC[n+]1ccc(-c2nn3cnnc3s2)cc1. The number of aromatic nitrogens is 5. The molecule has 3 aromatic rings. The first kappa shape index (κ1) is 9.41. The van der Waals surface area contributed by atoms with Crippen molar-refractivity contribution >= 4 is 16.3 Å². The van der Waals surface area contributed by atoms with Crippen LogP contribution in [0.2, 0.25) is 0 Å². The van der Waals surface area contributed by atoms with E-state index in [1.807, 2.05) is 0 Å². The normalized spacial score (nSPS) is 11.1. The van der Waals surface area contributed by atoms with E-state index in [9.17, 15) is 0 Å². The zero-order valence-corrected chi connectivity index (χ0v) is 9.55. The van der Waals surface area contributed by atoms with Crippen molar-refractivity contribution in [3.8, 4) is 10.6 Å². The van der Waals surface area contributed by atoms with Crippen molar-refractivity contribution < 1.29 is 4.57 Å². The number of rotatable bonds is 2. The molecule has 0 spiro atoms. The van der Waals surface area contributed by atoms with Crippen molar-refractivity contribution in [2.45, 2.75) is 13.5 Å². The van der Waals surface area contributed by atoms with Gasteiger partial charge < -0.3 is 0 Å². The second-order valence-electron chi connectivity index (χ2n) is 3.38. The van der Waals surface area contributed by atoms with Crippen molar-refractivity contribution in [3.05, 3.63) is 30.9 Å². The molecule has 3 heterocycles. The van der Waals surface area contributed by atoms with Crippen LogP contribution in [0.25, 0.3) is 15.5 Å². The Kier molecular flexibility index (Phi) is 2.14. The Morgan fingerprint density at radius 2 is 2.19 bits per heavy atom. The summed E-state index contributed by atoms with van der Waals surface area (Å²) in [5.74, 6) is 0. The van der Waals surface area contributed by atoms with E-state index in [2.05, 4.69) is 51.3 Å². The van der Waals surface area contributed by atoms with Crippen LogP contribution in [0, 0.1) is 0 Å². The second-order valence-corrected chi connectivity index (χ2v) is 4.34. The van der Waals surface area contributed by atoms with Crippen molar-refractivity contribution in [1.29, 1.82) is 0 Å². The first-order chi connectivity index (χ1) is 7.86. The largest absolute Gasteiger partial charge is 0.234 e. The molecule has 0 unspecified atom stereocenters. The second kappa shape index (κ2) is 3.64. The van der Waals surface area contributed by atoms with Gasteiger partial charge in [0, 0.05) is 17.7 Å². The molecule has 0 saturated heterocycles. The van der Waals surface area contributed by atoms with Crippen molar-refractivity contribution in [2.24, 2.45) is 0 Å². The fourth-order valence-corrected chi connectivity index (χ4v) is 2.31. The lowest BCUT2D eigenvalue weighted by Crippen LogP contribution is -2.30. The molecule has 0 N–H and O–H groups in total. The summed E-state index contributed by atoms with van der Waals surface area (Å²) in [6, 6.07) is 4.13. The van der Waals surface area contributed by atoms with Crippen LogP contribution < -0.4 is 4.57 Å². The molecule has 0 aromatic carbocycles. The smallest absolute Gasteiger partial charge is 0.205 e. The Labute approximate surface area is 96.0 Å². The number of fused-ring (bicyclic) bond motifs is 1. The van der Waals surface area contributed by atoms with Crippen LogP contribution in [0.1, 0.15) is 6.92 Å². The fraction of sp³-hybridized carbons (Fsp3) is 0.200. The highest BCUT2D eigenvalue weighted by molar-refractivity contribution is 7.19. The molecule has 5 nitrogen and oxygen atoms in total. The van der Waals surface area contributed by atoms with Crippen LogP contribution in [-0.4, -0.2) is 19.8 Å². The van der Waals surface area contributed by atoms with E-state index in [-0.39, 0.29) is 0 Å². The predicted molar refractivity (Wildman–Crippen MR) is 60.0 cm³/mol. The van der Waals surface area contributed by atoms with E-state index < -0.39 is 0 Å². The highest BCUT2D eigenvalue weighted by atomic mass is 32.1. The Morgan fingerprint density at radius 1 is 1.38 bits per heavy atom. The third kappa shape index (κ3) is 1.47. The maximum atomic E-state index is 4.40. The van der Waals surface area contributed by atoms with Gasteiger partial charge in [0.05, 0.1) is 0 Å². The van der Waals surface area contributed by atoms with Gasteiger partial charge in [0.15, 0.2) is 12.4 Å². The minimum atomic E-state index is 0.822. The molecule has 0 fully saturated rings. The lowest BCUT2D eigenvalue weighted by atomic mass is 10.3. The summed E-state index contributed by atoms with van der Waals surface area (Å²) in [6.45, 7) is 3.09. The van der Waals surface area contributed by atoms with Gasteiger partial charge in [-0.05, 0) is 6.92 Å². The van der Waals surface area contributed by atoms with Gasteiger partial charge in [0.25, 0.3) is 0 Å². The summed E-state index contributed by atoms with van der Waals surface area (Å²) in [6.07, 6.45) is 5.72. The van der Waals surface area contributed by atoms with Crippen molar-refractivity contribution in [3.63, 3.8) is 0 Å². The Hall–Kier alpha value is -1.82. The Balaban J connectivity index is 2.05. The lowest BCUT2D eigenvalue weighted by molar-refractivity contribution is -0.693. The summed E-state index contributed by atoms with van der Waals surface area (Å²) >= 11 is 1.54. The van der Waals surface area contributed by atoms with E-state index in [0.717, 1.165) is 22.1 Å². The van der Waals surface area contributed by atoms with E-state index in [0.29, 0.717) is 0 Å². The molecule has 0 aliphatic heterocycles. The summed E-state index contributed by atoms with van der Waals surface area (Å²) < 4.78 is 3.81. The molecule has 80 valence electrons. The standard InChI is InChI=1S/C10H10N5S/c1-2-14-5-3-8(4-6-14)9-13-15-7-11-12-10(15)16-9/h3-7H,2H2,1H3/q+1. The van der Waals surface area contributed by atoms with Crippen LogP contribution in [0.5, 0.6) is 0 Å². The molecule has 16 heavy (non-hydrogen) atoms. The van der Waals surface area contributed by atoms with Gasteiger partial charge in [-0.15, -0.1) is 10.2 Å². The number of aryl methyl sites for hydroxylation is 1. The van der Waals surface area contributed by atoms with E-state index in [1.54, 1.807) is 10.8 Å². The quantitative estimate of drug-likeness (QED) is 0.623. The predicted octanol–water partition coefficient (Wildman–Crippen LogP) is 1.16. The number of hydrogen-bond acceptors (Lipinski definition) is 4. The first-order valence-corrected chi connectivity index (χ1v) is 5.85. The minimum absolute atomic E-state index is 0.822. The lowest BCUT2D eigenvalue weighted by Gasteiger charge is -1.93. The third-order valence-corrected chi connectivity index (χ3v) is 3.35. The monoisotopic (exact) mass is 232 g/mol. The molecule has 3 aromatic heterocycles. The van der Waals surface area contributed by atoms with Gasteiger partial charge in [-0.1, -0.05) is 11.3 Å². The van der Waals surface area contributed by atoms with Gasteiger partial charge >= 0.3 is 0 Å².